The number of carbonyl (C=O) groups is 1. The first-order valence-corrected chi connectivity index (χ1v) is 63.4. The minimum atomic E-state index is -0.0958. The van der Waals surface area contributed by atoms with E-state index in [2.05, 4.69) is 207 Å². The number of aryl methyl sites for hydroxylation is 2. The molecule has 0 bridgehead atoms. The van der Waals surface area contributed by atoms with Gasteiger partial charge < -0.3 is 37.8 Å². The normalized spacial score (nSPS) is 13.5. The van der Waals surface area contributed by atoms with Crippen LogP contribution in [0.1, 0.15) is 614 Å². The van der Waals surface area contributed by atoms with Crippen molar-refractivity contribution in [3.05, 3.63) is 153 Å². The number of rotatable bonds is 101. The molecule has 146 heavy (non-hydrogen) atoms. The summed E-state index contributed by atoms with van der Waals surface area (Å²) in [5.41, 5.74) is 10.9. The third kappa shape index (κ3) is 54.7. The number of aromatic nitrogens is 3. The van der Waals surface area contributed by atoms with Crippen LogP contribution in [-0.2, 0) is 24.4 Å². The van der Waals surface area contributed by atoms with Gasteiger partial charge in [0.1, 0.15) is 40.9 Å². The van der Waals surface area contributed by atoms with E-state index in [9.17, 15) is 5.11 Å². The van der Waals surface area contributed by atoms with E-state index in [1.54, 1.807) is 0 Å². The third-order valence-electron chi connectivity index (χ3n) is 31.2. The molecule has 0 saturated heterocycles. The summed E-state index contributed by atoms with van der Waals surface area (Å²) in [5.74, 6) is 3.47. The van der Waals surface area contributed by atoms with Gasteiger partial charge in [0, 0.05) is 96.0 Å². The summed E-state index contributed by atoms with van der Waals surface area (Å²) in [6.45, 7) is 24.5. The first-order chi connectivity index (χ1) is 72.2. The van der Waals surface area contributed by atoms with Gasteiger partial charge in [-0.05, 0) is 155 Å². The molecule has 1 aliphatic heterocycles. The monoisotopic (exact) mass is 2010 g/mol. The van der Waals surface area contributed by atoms with E-state index >= 15 is 4.79 Å². The number of ether oxygens (including phenoxy) is 4. The van der Waals surface area contributed by atoms with Crippen molar-refractivity contribution in [2.24, 2.45) is 0 Å². The SMILES string of the molecule is CCCCCCCCCCCCOc1cc(/C=C/c2cccn2CCCCCCCCCCCC)c(OCCCCCCCCCCCC)cc1/C=C/C1=[N+](CCCCCCCCCCCC)C(=C2/C(=O)C(c3ccc(/C=C/c4cc(OCCCCCCCCCCCC)c(/C=C/c5cccn5CCCCCCCCCCCC)cc4OCCCCCCCCCCCC)n3CCCCCCCCCCCC)=C2O)/C=C1. The van der Waals surface area contributed by atoms with E-state index in [4.69, 9.17) is 18.9 Å². The van der Waals surface area contributed by atoms with Crippen LogP contribution in [0.25, 0.3) is 48.1 Å². The lowest BCUT2D eigenvalue weighted by molar-refractivity contribution is -0.469. The number of aliphatic hydroxyl groups excluding tert-OH is 1. The van der Waals surface area contributed by atoms with Crippen LogP contribution < -0.4 is 18.9 Å². The lowest BCUT2D eigenvalue weighted by atomic mass is 9.84. The molecule has 0 fully saturated rings. The number of aliphatic hydroxyl groups is 1. The predicted molar refractivity (Wildman–Crippen MR) is 640 cm³/mol. The Morgan fingerprint density at radius 3 is 0.781 bits per heavy atom. The van der Waals surface area contributed by atoms with Crippen molar-refractivity contribution in [2.75, 3.05) is 33.0 Å². The van der Waals surface area contributed by atoms with Crippen LogP contribution in [0.2, 0.25) is 0 Å². The molecule has 7 rings (SSSR count). The molecular formula is C136H223N4O6+. The number of hydrogen-bond donors (Lipinski definition) is 1. The minimum Gasteiger partial charge on any atom is -0.506 e. The van der Waals surface area contributed by atoms with Crippen LogP contribution >= 0.6 is 0 Å². The van der Waals surface area contributed by atoms with Gasteiger partial charge in [-0.1, -0.05) is 511 Å². The number of ketones is 1. The average molecular weight is 2010 g/mol. The Bertz CT molecular complexity index is 4330. The zero-order valence-electron chi connectivity index (χ0n) is 96.2. The van der Waals surface area contributed by atoms with Crippen LogP contribution in [0.15, 0.2) is 108 Å². The van der Waals surface area contributed by atoms with Crippen LogP contribution in [0.3, 0.4) is 0 Å². The van der Waals surface area contributed by atoms with Crippen LogP contribution in [0.4, 0.5) is 0 Å². The van der Waals surface area contributed by atoms with Gasteiger partial charge in [0.2, 0.25) is 17.2 Å². The Balaban J connectivity index is 1.29. The molecule has 0 atom stereocenters. The Morgan fingerprint density at radius 2 is 0.500 bits per heavy atom. The zero-order valence-corrected chi connectivity index (χ0v) is 96.2. The first-order valence-electron chi connectivity index (χ1n) is 63.4. The highest BCUT2D eigenvalue weighted by atomic mass is 16.5. The summed E-state index contributed by atoms with van der Waals surface area (Å²) >= 11 is 0. The molecule has 0 unspecified atom stereocenters. The van der Waals surface area contributed by atoms with Crippen molar-refractivity contribution < 1.29 is 33.4 Å². The summed E-state index contributed by atoms with van der Waals surface area (Å²) in [6.07, 6.45) is 129. The summed E-state index contributed by atoms with van der Waals surface area (Å²) < 4.78 is 37.9. The zero-order chi connectivity index (χ0) is 103. The molecule has 2 aromatic carbocycles. The maximum absolute atomic E-state index is 15.8. The Morgan fingerprint density at radius 1 is 0.253 bits per heavy atom. The highest BCUT2D eigenvalue weighted by molar-refractivity contribution is 6.39. The van der Waals surface area contributed by atoms with Crippen LogP contribution in [-0.4, -0.2) is 67.9 Å². The molecule has 1 N–H and O–H groups in total. The molecule has 5 aromatic rings. The molecule has 10 nitrogen and oxygen atoms in total. The van der Waals surface area contributed by atoms with Gasteiger partial charge in [0.05, 0.1) is 37.7 Å². The minimum absolute atomic E-state index is 0.0917. The fraction of sp³-hybridized carbons (Fsp3) is 0.706. The fourth-order valence-corrected chi connectivity index (χ4v) is 21.7. The highest BCUT2D eigenvalue weighted by Crippen LogP contribution is 2.42. The first kappa shape index (κ1) is 126. The van der Waals surface area contributed by atoms with Gasteiger partial charge >= 0.3 is 0 Å². The lowest BCUT2D eigenvalue weighted by Gasteiger charge is -2.23. The summed E-state index contributed by atoms with van der Waals surface area (Å²) in [4.78, 5) is 15.8. The number of nitrogens with zero attached hydrogens (tertiary/aromatic N) is 4. The second-order valence-corrected chi connectivity index (χ2v) is 44.3. The number of unbranched alkanes of at least 4 members (excludes halogenated alkanes) is 72. The second-order valence-electron chi connectivity index (χ2n) is 44.3. The summed E-state index contributed by atoms with van der Waals surface area (Å²) in [6, 6.07) is 22.3. The fourth-order valence-electron chi connectivity index (χ4n) is 21.7. The van der Waals surface area contributed by atoms with Crippen molar-refractivity contribution in [3.63, 3.8) is 0 Å². The maximum Gasteiger partial charge on any atom is 0.221 e. The van der Waals surface area contributed by atoms with Crippen molar-refractivity contribution in [1.29, 1.82) is 0 Å². The molecule has 0 saturated carbocycles. The Kier molecular flexibility index (Phi) is 74.4. The largest absolute Gasteiger partial charge is 0.506 e. The van der Waals surface area contributed by atoms with Gasteiger partial charge in [0.15, 0.2) is 0 Å². The van der Waals surface area contributed by atoms with Gasteiger partial charge in [-0.2, -0.15) is 4.58 Å². The van der Waals surface area contributed by atoms with Gasteiger partial charge in [-0.3, -0.25) is 4.79 Å². The molecule has 822 valence electrons. The average Bonchev–Trinajstić information content (AvgIpc) is 1.54. The number of Topliss-reactive ketones (excluding diaryl/α,β-unsaturated/α-hetero) is 1. The quantitative estimate of drug-likeness (QED) is 0.0237. The van der Waals surface area contributed by atoms with E-state index < -0.39 is 0 Å². The lowest BCUT2D eigenvalue weighted by Crippen LogP contribution is -2.28. The number of carbonyl (C=O) groups excluding carboxylic acids is 1. The number of hydrogen-bond acceptors (Lipinski definition) is 6. The Hall–Kier alpha value is -7.20. The summed E-state index contributed by atoms with van der Waals surface area (Å²) in [7, 11) is 0. The van der Waals surface area contributed by atoms with Gasteiger partial charge in [-0.15, -0.1) is 0 Å². The topological polar surface area (TPSA) is 92.0 Å². The standard InChI is InChI=1S/C136H222N4O6/c1-9-17-25-33-41-49-57-65-73-81-105-137-107-89-91-123(137)97-93-119-115-131(145-113-87-79-71-63-55-47-39-31-23-15-7)121(117-129(119)143-111-85-77-69-61-53-45-37-29-21-13-5)95-99-125-101-103-127(139(125)109-83-75-67-59-51-43-35-27-19-11-3)133-135(141)134(136(133)142)128-104-102-126(140(128)110-84-76-68-60-52-44-36-28-20-12-4)100-96-122-118-130(144-112-86-78-70-62-54-46-38-30-22-14-6)120(116-132(122)146-114-88-80-72-64-56-48-40-32-24-16-8)94-98-124-92-90-108-138(124)106-82-74-66-58-50-42-34-26-18-10-2/h89-104,107-108,115-118H,9-88,105-106,109-114H2,1-8H3/p+1. The molecule has 0 spiro atoms. The highest BCUT2D eigenvalue weighted by Gasteiger charge is 2.43. The van der Waals surface area contributed by atoms with E-state index in [0.717, 1.165) is 171 Å². The second kappa shape index (κ2) is 86.4. The smallest absolute Gasteiger partial charge is 0.221 e. The van der Waals surface area contributed by atoms with E-state index in [1.807, 2.05) is 0 Å². The molecule has 0 radical (unpaired) electrons. The van der Waals surface area contributed by atoms with Gasteiger partial charge in [0.25, 0.3) is 0 Å². The number of allylic oxidation sites excluding steroid dienone is 5. The van der Waals surface area contributed by atoms with Crippen LogP contribution in [0, 0.1) is 0 Å². The molecule has 10 heteroatoms. The van der Waals surface area contributed by atoms with Crippen molar-refractivity contribution >= 4 is 59.6 Å². The maximum atomic E-state index is 15.8. The molecule has 0 amide bonds. The van der Waals surface area contributed by atoms with E-state index in [0.29, 0.717) is 37.6 Å². The number of benzene rings is 2. The Labute approximate surface area is 898 Å². The third-order valence-corrected chi connectivity index (χ3v) is 31.2. The molecule has 4 heterocycles. The summed E-state index contributed by atoms with van der Waals surface area (Å²) in [5, 5.41) is 13.1. The van der Waals surface area contributed by atoms with Gasteiger partial charge in [-0.25, -0.2) is 0 Å². The molecular weight excluding hydrogens is 1790 g/mol. The van der Waals surface area contributed by atoms with Crippen LogP contribution in [0.5, 0.6) is 23.0 Å². The van der Waals surface area contributed by atoms with Crippen molar-refractivity contribution in [2.45, 2.75) is 589 Å². The van der Waals surface area contributed by atoms with Crippen molar-refractivity contribution in [1.82, 2.24) is 13.7 Å². The molecule has 1 aliphatic carbocycles. The van der Waals surface area contributed by atoms with E-state index in [-0.39, 0.29) is 11.5 Å². The predicted octanol–water partition coefficient (Wildman–Crippen LogP) is 43.3. The van der Waals surface area contributed by atoms with Crippen molar-refractivity contribution in [3.8, 4) is 23.0 Å². The molecule has 2 aliphatic rings. The van der Waals surface area contributed by atoms with E-state index in [1.165, 1.54) is 448 Å². The molecule has 3 aromatic heterocycles.